The maximum atomic E-state index is 11.7. The summed E-state index contributed by atoms with van der Waals surface area (Å²) < 4.78 is 10.5. The Balaban J connectivity index is 2.79. The SMILES string of the molecule is C=C(OC)C1=C(/C=C/C(=O)OC(C)(C)C)CCCC1. The largest absolute Gasteiger partial charge is 0.497 e. The Morgan fingerprint density at radius 2 is 1.89 bits per heavy atom. The summed E-state index contributed by atoms with van der Waals surface area (Å²) in [6.07, 6.45) is 7.52. The summed E-state index contributed by atoms with van der Waals surface area (Å²) in [6, 6.07) is 0. The molecule has 1 aliphatic carbocycles. The molecule has 0 atom stereocenters. The van der Waals surface area contributed by atoms with E-state index in [0.29, 0.717) is 5.76 Å². The lowest BCUT2D eigenvalue weighted by molar-refractivity contribution is -0.148. The molecule has 0 aromatic rings. The van der Waals surface area contributed by atoms with Gasteiger partial charge in [-0.15, -0.1) is 0 Å². The van der Waals surface area contributed by atoms with E-state index in [-0.39, 0.29) is 5.97 Å². The Morgan fingerprint density at radius 3 is 2.47 bits per heavy atom. The number of methoxy groups -OCH3 is 1. The van der Waals surface area contributed by atoms with Crippen molar-refractivity contribution in [2.75, 3.05) is 7.11 Å². The van der Waals surface area contributed by atoms with Gasteiger partial charge in [0.2, 0.25) is 0 Å². The Morgan fingerprint density at radius 1 is 1.26 bits per heavy atom. The van der Waals surface area contributed by atoms with Gasteiger partial charge in [-0.25, -0.2) is 4.79 Å². The monoisotopic (exact) mass is 264 g/mol. The maximum Gasteiger partial charge on any atom is 0.331 e. The van der Waals surface area contributed by atoms with Crippen LogP contribution in [0.4, 0.5) is 0 Å². The third-order valence-corrected chi connectivity index (χ3v) is 2.92. The van der Waals surface area contributed by atoms with Gasteiger partial charge in [-0.3, -0.25) is 0 Å². The van der Waals surface area contributed by atoms with E-state index in [1.54, 1.807) is 7.11 Å². The summed E-state index contributed by atoms with van der Waals surface area (Å²) >= 11 is 0. The van der Waals surface area contributed by atoms with Gasteiger partial charge < -0.3 is 9.47 Å². The van der Waals surface area contributed by atoms with Crippen molar-refractivity contribution in [1.29, 1.82) is 0 Å². The zero-order chi connectivity index (χ0) is 14.5. The predicted octanol–water partition coefficient (Wildman–Crippen LogP) is 3.92. The van der Waals surface area contributed by atoms with Crippen LogP contribution in [0, 0.1) is 0 Å². The molecule has 0 aromatic heterocycles. The number of hydrogen-bond acceptors (Lipinski definition) is 3. The minimum absolute atomic E-state index is 0.312. The van der Waals surface area contributed by atoms with Gasteiger partial charge in [-0.2, -0.15) is 0 Å². The van der Waals surface area contributed by atoms with E-state index >= 15 is 0 Å². The molecule has 3 nitrogen and oxygen atoms in total. The Hall–Kier alpha value is -1.51. The first kappa shape index (κ1) is 15.5. The molecule has 0 fully saturated rings. The molecule has 0 heterocycles. The second-order valence-electron chi connectivity index (χ2n) is 5.71. The zero-order valence-corrected chi connectivity index (χ0v) is 12.4. The van der Waals surface area contributed by atoms with Gasteiger partial charge in [0, 0.05) is 6.08 Å². The zero-order valence-electron chi connectivity index (χ0n) is 12.4. The van der Waals surface area contributed by atoms with Crippen LogP contribution in [0.3, 0.4) is 0 Å². The lowest BCUT2D eigenvalue weighted by Gasteiger charge is -2.20. The van der Waals surface area contributed by atoms with Gasteiger partial charge in [0.1, 0.15) is 11.4 Å². The van der Waals surface area contributed by atoms with E-state index in [4.69, 9.17) is 9.47 Å². The average Bonchev–Trinajstić information content (AvgIpc) is 2.33. The average molecular weight is 264 g/mol. The Kier molecular flexibility index (Phi) is 5.40. The third-order valence-electron chi connectivity index (χ3n) is 2.92. The summed E-state index contributed by atoms with van der Waals surface area (Å²) in [5, 5.41) is 0. The molecule has 0 radical (unpaired) electrons. The van der Waals surface area contributed by atoms with Crippen molar-refractivity contribution in [3.05, 3.63) is 35.6 Å². The topological polar surface area (TPSA) is 35.5 Å². The molecular formula is C16H24O3. The quantitative estimate of drug-likeness (QED) is 0.438. The van der Waals surface area contributed by atoms with Crippen molar-refractivity contribution in [3.63, 3.8) is 0 Å². The lowest BCUT2D eigenvalue weighted by Crippen LogP contribution is -2.22. The van der Waals surface area contributed by atoms with Crippen LogP contribution in [0.15, 0.2) is 35.6 Å². The van der Waals surface area contributed by atoms with Crippen molar-refractivity contribution in [3.8, 4) is 0 Å². The van der Waals surface area contributed by atoms with Crippen LogP contribution in [-0.4, -0.2) is 18.7 Å². The number of rotatable bonds is 4. The normalized spacial score (nSPS) is 16.6. The molecule has 0 N–H and O–H groups in total. The van der Waals surface area contributed by atoms with Crippen molar-refractivity contribution < 1.29 is 14.3 Å². The van der Waals surface area contributed by atoms with Crippen LogP contribution in [0.25, 0.3) is 0 Å². The number of esters is 1. The summed E-state index contributed by atoms with van der Waals surface area (Å²) in [4.78, 5) is 11.7. The first-order chi connectivity index (χ1) is 8.83. The molecule has 0 aliphatic heterocycles. The fraction of sp³-hybridized carbons (Fsp3) is 0.562. The number of carbonyl (C=O) groups is 1. The van der Waals surface area contributed by atoms with Crippen molar-refractivity contribution in [2.45, 2.75) is 52.1 Å². The highest BCUT2D eigenvalue weighted by molar-refractivity contribution is 5.83. The highest BCUT2D eigenvalue weighted by Crippen LogP contribution is 2.30. The number of carbonyl (C=O) groups excluding carboxylic acids is 1. The van der Waals surface area contributed by atoms with Crippen LogP contribution in [0.2, 0.25) is 0 Å². The molecule has 19 heavy (non-hydrogen) atoms. The first-order valence-electron chi connectivity index (χ1n) is 6.70. The van der Waals surface area contributed by atoms with Crippen LogP contribution in [-0.2, 0) is 14.3 Å². The molecular weight excluding hydrogens is 240 g/mol. The van der Waals surface area contributed by atoms with E-state index in [1.165, 1.54) is 6.08 Å². The minimum Gasteiger partial charge on any atom is -0.497 e. The summed E-state index contributed by atoms with van der Waals surface area (Å²) in [6.45, 7) is 9.48. The van der Waals surface area contributed by atoms with Gasteiger partial charge in [0.25, 0.3) is 0 Å². The predicted molar refractivity (Wildman–Crippen MR) is 76.6 cm³/mol. The molecule has 0 aromatic carbocycles. The van der Waals surface area contributed by atoms with Crippen LogP contribution >= 0.6 is 0 Å². The van der Waals surface area contributed by atoms with E-state index in [0.717, 1.165) is 36.8 Å². The molecule has 0 spiro atoms. The highest BCUT2D eigenvalue weighted by Gasteiger charge is 2.16. The van der Waals surface area contributed by atoms with Crippen LogP contribution in [0.1, 0.15) is 46.5 Å². The van der Waals surface area contributed by atoms with E-state index in [1.807, 2.05) is 26.8 Å². The third kappa shape index (κ3) is 5.33. The first-order valence-corrected chi connectivity index (χ1v) is 6.70. The minimum atomic E-state index is -0.457. The molecule has 0 unspecified atom stereocenters. The van der Waals surface area contributed by atoms with Crippen molar-refractivity contribution in [1.82, 2.24) is 0 Å². The summed E-state index contributed by atoms with van der Waals surface area (Å²) in [5.41, 5.74) is 1.79. The fourth-order valence-corrected chi connectivity index (χ4v) is 2.06. The van der Waals surface area contributed by atoms with Crippen LogP contribution in [0.5, 0.6) is 0 Å². The molecule has 0 bridgehead atoms. The van der Waals surface area contributed by atoms with Gasteiger partial charge in [-0.05, 0) is 57.6 Å². The second kappa shape index (κ2) is 6.60. The van der Waals surface area contributed by atoms with E-state index in [2.05, 4.69) is 6.58 Å². The van der Waals surface area contributed by atoms with E-state index in [9.17, 15) is 4.79 Å². The number of hydrogen-bond donors (Lipinski definition) is 0. The van der Waals surface area contributed by atoms with Gasteiger partial charge in [0.05, 0.1) is 7.11 Å². The Labute approximate surface area is 116 Å². The molecule has 0 saturated carbocycles. The van der Waals surface area contributed by atoms with Gasteiger partial charge in [0.15, 0.2) is 0 Å². The van der Waals surface area contributed by atoms with Crippen molar-refractivity contribution >= 4 is 5.97 Å². The highest BCUT2D eigenvalue weighted by atomic mass is 16.6. The second-order valence-corrected chi connectivity index (χ2v) is 5.71. The lowest BCUT2D eigenvalue weighted by atomic mass is 9.90. The summed E-state index contributed by atoms with van der Waals surface area (Å²) in [5.74, 6) is 0.386. The standard InChI is InChI=1S/C16H24O3/c1-12(18-5)14-9-7-6-8-13(14)10-11-15(17)19-16(2,3)4/h10-11H,1,6-9H2,2-5H3/b11-10+. The number of ether oxygens (including phenoxy) is 2. The van der Waals surface area contributed by atoms with Gasteiger partial charge >= 0.3 is 5.97 Å². The molecule has 0 amide bonds. The van der Waals surface area contributed by atoms with Gasteiger partial charge in [-0.1, -0.05) is 12.7 Å². The molecule has 3 heteroatoms. The molecule has 1 aliphatic rings. The molecule has 106 valence electrons. The fourth-order valence-electron chi connectivity index (χ4n) is 2.06. The smallest absolute Gasteiger partial charge is 0.331 e. The van der Waals surface area contributed by atoms with E-state index < -0.39 is 5.60 Å². The molecule has 0 saturated heterocycles. The number of allylic oxidation sites excluding steroid dienone is 3. The molecule has 1 rings (SSSR count). The van der Waals surface area contributed by atoms with Crippen LogP contribution < -0.4 is 0 Å². The van der Waals surface area contributed by atoms with Crippen molar-refractivity contribution in [2.24, 2.45) is 0 Å². The summed E-state index contributed by atoms with van der Waals surface area (Å²) in [7, 11) is 1.62. The maximum absolute atomic E-state index is 11.7. The Bertz CT molecular complexity index is 408.